The van der Waals surface area contributed by atoms with Gasteiger partial charge in [-0.3, -0.25) is 9.36 Å². The maximum atomic E-state index is 12.9. The Morgan fingerprint density at radius 2 is 2.00 bits per heavy atom. The van der Waals surface area contributed by atoms with Crippen molar-refractivity contribution >= 4 is 27.7 Å². The highest BCUT2D eigenvalue weighted by molar-refractivity contribution is 7.99. The van der Waals surface area contributed by atoms with Gasteiger partial charge in [0.15, 0.2) is 11.0 Å². The molecule has 166 valence electrons. The molecule has 1 N–H and O–H groups in total. The Bertz CT molecular complexity index is 958. The van der Waals surface area contributed by atoms with Crippen molar-refractivity contribution in [1.29, 1.82) is 0 Å². The van der Waals surface area contributed by atoms with E-state index in [1.807, 2.05) is 25.3 Å². The fourth-order valence-electron chi connectivity index (χ4n) is 3.00. The molecule has 1 aromatic carbocycles. The third-order valence-corrected chi connectivity index (χ3v) is 7.55. The molecule has 0 fully saturated rings. The summed E-state index contributed by atoms with van der Waals surface area (Å²) in [5, 5.41) is 11.7. The largest absolute Gasteiger partial charge is 0.383 e. The Morgan fingerprint density at radius 1 is 1.30 bits per heavy atom. The number of nitrogens with one attached hydrogen (secondary N) is 1. The Hall–Kier alpha value is -1.95. The number of hydrogen-bond donors (Lipinski definition) is 1. The summed E-state index contributed by atoms with van der Waals surface area (Å²) in [5.74, 6) is 0.600. The zero-order valence-electron chi connectivity index (χ0n) is 18.0. The van der Waals surface area contributed by atoms with E-state index in [0.29, 0.717) is 36.2 Å². The molecule has 0 aliphatic heterocycles. The number of carbonyl (C=O) groups excluding carboxylic acids is 1. The van der Waals surface area contributed by atoms with Crippen molar-refractivity contribution in [3.63, 3.8) is 0 Å². The van der Waals surface area contributed by atoms with Gasteiger partial charge in [-0.2, -0.15) is 4.31 Å². The SMILES string of the molecule is CCN(CC)S(=O)(=O)c1cccc(-c2nnc(SCC(=O)NC)n2[C@@H](C)COC)c1. The molecular formula is C19H29N5O4S2. The van der Waals surface area contributed by atoms with Gasteiger partial charge in [-0.15, -0.1) is 10.2 Å². The van der Waals surface area contributed by atoms with Gasteiger partial charge in [0.2, 0.25) is 15.9 Å². The van der Waals surface area contributed by atoms with Crippen LogP contribution in [0.5, 0.6) is 0 Å². The first-order chi connectivity index (χ1) is 14.3. The summed E-state index contributed by atoms with van der Waals surface area (Å²) >= 11 is 1.27. The second-order valence-electron chi connectivity index (χ2n) is 6.56. The Kier molecular flexibility index (Phi) is 8.83. The van der Waals surface area contributed by atoms with Gasteiger partial charge < -0.3 is 10.1 Å². The zero-order chi connectivity index (χ0) is 22.3. The average molecular weight is 456 g/mol. The van der Waals surface area contributed by atoms with Crippen molar-refractivity contribution in [2.24, 2.45) is 0 Å². The van der Waals surface area contributed by atoms with Crippen molar-refractivity contribution in [2.45, 2.75) is 36.9 Å². The molecule has 0 radical (unpaired) electrons. The van der Waals surface area contributed by atoms with E-state index in [0.717, 1.165) is 0 Å². The Labute approximate surface area is 182 Å². The van der Waals surface area contributed by atoms with E-state index in [1.54, 1.807) is 38.4 Å². The molecule has 0 unspecified atom stereocenters. The first kappa shape index (κ1) is 24.3. The third-order valence-electron chi connectivity index (χ3n) is 4.56. The fourth-order valence-corrected chi connectivity index (χ4v) is 5.41. The fraction of sp³-hybridized carbons (Fsp3) is 0.526. The van der Waals surface area contributed by atoms with E-state index < -0.39 is 10.0 Å². The lowest BCUT2D eigenvalue weighted by atomic mass is 10.2. The zero-order valence-corrected chi connectivity index (χ0v) is 19.6. The first-order valence-corrected chi connectivity index (χ1v) is 12.1. The van der Waals surface area contributed by atoms with Crippen LogP contribution in [0, 0.1) is 0 Å². The number of sulfonamides is 1. The van der Waals surface area contributed by atoms with Gasteiger partial charge in [0.25, 0.3) is 0 Å². The van der Waals surface area contributed by atoms with Gasteiger partial charge in [-0.05, 0) is 19.1 Å². The van der Waals surface area contributed by atoms with Crippen LogP contribution in [0.1, 0.15) is 26.8 Å². The lowest BCUT2D eigenvalue weighted by molar-refractivity contribution is -0.118. The van der Waals surface area contributed by atoms with Gasteiger partial charge in [0, 0.05) is 32.8 Å². The van der Waals surface area contributed by atoms with E-state index in [2.05, 4.69) is 15.5 Å². The summed E-state index contributed by atoms with van der Waals surface area (Å²) in [4.78, 5) is 11.9. The number of aromatic nitrogens is 3. The number of rotatable bonds is 11. The standard InChI is InChI=1S/C19H29N5O4S2/c1-6-23(7-2)30(26,27)16-10-8-9-15(11-16)18-21-22-19(29-13-17(25)20-4)24(18)14(3)12-28-5/h8-11,14H,6-7,12-13H2,1-5H3,(H,20,25)/t14-/m0/s1. The highest BCUT2D eigenvalue weighted by Gasteiger charge is 2.24. The van der Waals surface area contributed by atoms with Gasteiger partial charge in [-0.25, -0.2) is 8.42 Å². The van der Waals surface area contributed by atoms with Crippen LogP contribution in [0.3, 0.4) is 0 Å². The van der Waals surface area contributed by atoms with Crippen LogP contribution in [0.2, 0.25) is 0 Å². The van der Waals surface area contributed by atoms with Crippen molar-refractivity contribution in [2.75, 3.05) is 39.6 Å². The van der Waals surface area contributed by atoms with Crippen molar-refractivity contribution in [3.05, 3.63) is 24.3 Å². The molecule has 1 amide bonds. The van der Waals surface area contributed by atoms with E-state index in [-0.39, 0.29) is 22.6 Å². The molecule has 2 aromatic rings. The third kappa shape index (κ3) is 5.39. The number of ether oxygens (including phenoxy) is 1. The smallest absolute Gasteiger partial charge is 0.243 e. The molecule has 0 bridgehead atoms. The van der Waals surface area contributed by atoms with Gasteiger partial charge >= 0.3 is 0 Å². The average Bonchev–Trinajstić information content (AvgIpc) is 3.17. The Morgan fingerprint density at radius 3 is 2.60 bits per heavy atom. The molecule has 11 heteroatoms. The lowest BCUT2D eigenvalue weighted by Crippen LogP contribution is -2.30. The predicted octanol–water partition coefficient (Wildman–Crippen LogP) is 2.02. The molecular weight excluding hydrogens is 426 g/mol. The number of hydrogen-bond acceptors (Lipinski definition) is 7. The van der Waals surface area contributed by atoms with Crippen LogP contribution in [0.15, 0.2) is 34.3 Å². The summed E-state index contributed by atoms with van der Waals surface area (Å²) in [7, 11) is -0.416. The number of carbonyl (C=O) groups is 1. The number of benzene rings is 1. The van der Waals surface area contributed by atoms with Crippen LogP contribution in [0.4, 0.5) is 0 Å². The molecule has 9 nitrogen and oxygen atoms in total. The minimum Gasteiger partial charge on any atom is -0.383 e. The molecule has 30 heavy (non-hydrogen) atoms. The number of nitrogens with zero attached hydrogens (tertiary/aromatic N) is 4. The van der Waals surface area contributed by atoms with E-state index in [4.69, 9.17) is 4.74 Å². The van der Waals surface area contributed by atoms with Crippen LogP contribution in [-0.2, 0) is 19.6 Å². The van der Waals surface area contributed by atoms with E-state index >= 15 is 0 Å². The highest BCUT2D eigenvalue weighted by atomic mass is 32.2. The minimum atomic E-state index is -3.60. The molecule has 0 spiro atoms. The molecule has 0 saturated carbocycles. The van der Waals surface area contributed by atoms with Crippen LogP contribution in [0.25, 0.3) is 11.4 Å². The molecule has 0 aliphatic carbocycles. The second-order valence-corrected chi connectivity index (χ2v) is 9.44. The quantitative estimate of drug-likeness (QED) is 0.517. The lowest BCUT2D eigenvalue weighted by Gasteiger charge is -2.20. The maximum absolute atomic E-state index is 12.9. The Balaban J connectivity index is 2.50. The van der Waals surface area contributed by atoms with Crippen molar-refractivity contribution < 1.29 is 17.9 Å². The summed E-state index contributed by atoms with van der Waals surface area (Å²) in [5.41, 5.74) is 0.630. The monoisotopic (exact) mass is 455 g/mol. The van der Waals surface area contributed by atoms with Crippen molar-refractivity contribution in [3.8, 4) is 11.4 Å². The topological polar surface area (TPSA) is 106 Å². The second kappa shape index (κ2) is 10.9. The first-order valence-electron chi connectivity index (χ1n) is 9.67. The molecule has 0 saturated heterocycles. The number of amides is 1. The van der Waals surface area contributed by atoms with Gasteiger partial charge in [-0.1, -0.05) is 37.7 Å². The molecule has 1 aromatic heterocycles. The van der Waals surface area contributed by atoms with E-state index in [1.165, 1.54) is 16.1 Å². The highest BCUT2D eigenvalue weighted by Crippen LogP contribution is 2.29. The van der Waals surface area contributed by atoms with Gasteiger partial charge in [0.1, 0.15) is 0 Å². The van der Waals surface area contributed by atoms with Crippen LogP contribution < -0.4 is 5.32 Å². The summed E-state index contributed by atoms with van der Waals surface area (Å²) in [6.45, 7) is 6.77. The summed E-state index contributed by atoms with van der Waals surface area (Å²) in [6.07, 6.45) is 0. The molecule has 1 heterocycles. The van der Waals surface area contributed by atoms with Crippen molar-refractivity contribution in [1.82, 2.24) is 24.4 Å². The summed E-state index contributed by atoms with van der Waals surface area (Å²) < 4.78 is 34.4. The van der Waals surface area contributed by atoms with E-state index in [9.17, 15) is 13.2 Å². The predicted molar refractivity (Wildman–Crippen MR) is 117 cm³/mol. The normalized spacial score (nSPS) is 12.9. The molecule has 1 atom stereocenters. The van der Waals surface area contributed by atoms with Crippen LogP contribution >= 0.6 is 11.8 Å². The van der Waals surface area contributed by atoms with Crippen LogP contribution in [-0.4, -0.2) is 73.0 Å². The number of methoxy groups -OCH3 is 1. The molecule has 2 rings (SSSR count). The summed E-state index contributed by atoms with van der Waals surface area (Å²) in [6, 6.07) is 6.58. The number of thioether (sulfide) groups is 1. The maximum Gasteiger partial charge on any atom is 0.243 e. The molecule has 0 aliphatic rings. The van der Waals surface area contributed by atoms with Gasteiger partial charge in [0.05, 0.1) is 23.3 Å². The minimum absolute atomic E-state index is 0.116.